The van der Waals surface area contributed by atoms with Crippen molar-refractivity contribution in [3.8, 4) is 0 Å². The predicted molar refractivity (Wildman–Crippen MR) is 119 cm³/mol. The quantitative estimate of drug-likeness (QED) is 0.614. The highest BCUT2D eigenvalue weighted by molar-refractivity contribution is 6.01. The van der Waals surface area contributed by atoms with Gasteiger partial charge >= 0.3 is 0 Å². The topological polar surface area (TPSA) is 73.5 Å². The molecule has 0 bridgehead atoms. The standard InChI is InChI=1S/C24H30N4O2/c29-23-12-11-22(24(30)27-23)26-21-6-4-5-20(15-21)25-16-18-7-9-19(10-8-18)17-28-13-2-1-3-14-28/h4-10,15,22,25-26H,1-3,11-14,16-17H2,(H,27,29,30). The Balaban J connectivity index is 1.29. The number of amides is 2. The summed E-state index contributed by atoms with van der Waals surface area (Å²) in [6.07, 6.45) is 4.89. The largest absolute Gasteiger partial charge is 0.381 e. The number of rotatable bonds is 7. The molecule has 2 fully saturated rings. The lowest BCUT2D eigenvalue weighted by atomic mass is 10.1. The highest BCUT2D eigenvalue weighted by Gasteiger charge is 2.26. The first-order valence-electron chi connectivity index (χ1n) is 10.9. The molecule has 2 heterocycles. The van der Waals surface area contributed by atoms with E-state index in [4.69, 9.17) is 0 Å². The molecule has 6 heteroatoms. The second-order valence-electron chi connectivity index (χ2n) is 8.24. The van der Waals surface area contributed by atoms with E-state index in [1.54, 1.807) is 0 Å². The third-order valence-electron chi connectivity index (χ3n) is 5.82. The molecule has 0 aromatic heterocycles. The highest BCUT2D eigenvalue weighted by atomic mass is 16.2. The van der Waals surface area contributed by atoms with Crippen molar-refractivity contribution >= 4 is 23.2 Å². The Kier molecular flexibility index (Phi) is 6.64. The van der Waals surface area contributed by atoms with E-state index in [9.17, 15) is 9.59 Å². The number of hydrogen-bond acceptors (Lipinski definition) is 5. The fourth-order valence-electron chi connectivity index (χ4n) is 4.09. The molecule has 2 amide bonds. The molecule has 1 atom stereocenters. The van der Waals surface area contributed by atoms with Crippen molar-refractivity contribution < 1.29 is 9.59 Å². The number of likely N-dealkylation sites (tertiary alicyclic amines) is 1. The molecule has 6 nitrogen and oxygen atoms in total. The van der Waals surface area contributed by atoms with E-state index in [1.165, 1.54) is 43.5 Å². The van der Waals surface area contributed by atoms with Gasteiger partial charge in [0.25, 0.3) is 0 Å². The number of carbonyl (C=O) groups excluding carboxylic acids is 2. The van der Waals surface area contributed by atoms with E-state index in [1.807, 2.05) is 24.3 Å². The average molecular weight is 407 g/mol. The average Bonchev–Trinajstić information content (AvgIpc) is 2.76. The molecule has 1 unspecified atom stereocenters. The molecule has 0 spiro atoms. The summed E-state index contributed by atoms with van der Waals surface area (Å²) in [4.78, 5) is 25.8. The maximum Gasteiger partial charge on any atom is 0.249 e. The van der Waals surface area contributed by atoms with Gasteiger partial charge in [0.15, 0.2) is 0 Å². The summed E-state index contributed by atoms with van der Waals surface area (Å²) >= 11 is 0. The van der Waals surface area contributed by atoms with Gasteiger partial charge in [-0.2, -0.15) is 0 Å². The van der Waals surface area contributed by atoms with Crippen molar-refractivity contribution in [3.05, 3.63) is 59.7 Å². The minimum absolute atomic E-state index is 0.199. The lowest BCUT2D eigenvalue weighted by molar-refractivity contribution is -0.133. The zero-order valence-electron chi connectivity index (χ0n) is 17.3. The van der Waals surface area contributed by atoms with Crippen molar-refractivity contribution in [1.29, 1.82) is 0 Å². The van der Waals surface area contributed by atoms with Crippen LogP contribution in [0.5, 0.6) is 0 Å². The molecule has 2 aromatic carbocycles. The lowest BCUT2D eigenvalue weighted by Gasteiger charge is -2.26. The Bertz CT molecular complexity index is 875. The monoisotopic (exact) mass is 406 g/mol. The van der Waals surface area contributed by atoms with E-state index in [2.05, 4.69) is 45.1 Å². The van der Waals surface area contributed by atoms with Gasteiger partial charge in [0.05, 0.1) is 0 Å². The number of nitrogens with one attached hydrogen (secondary N) is 3. The van der Waals surface area contributed by atoms with Crippen molar-refractivity contribution in [2.24, 2.45) is 0 Å². The van der Waals surface area contributed by atoms with E-state index in [-0.39, 0.29) is 17.9 Å². The lowest BCUT2D eigenvalue weighted by Crippen LogP contribution is -2.47. The number of nitrogens with zero attached hydrogens (tertiary/aromatic N) is 1. The minimum Gasteiger partial charge on any atom is -0.381 e. The van der Waals surface area contributed by atoms with Crippen molar-refractivity contribution in [3.63, 3.8) is 0 Å². The van der Waals surface area contributed by atoms with Gasteiger partial charge in [0, 0.05) is 30.9 Å². The Morgan fingerprint density at radius 2 is 1.67 bits per heavy atom. The van der Waals surface area contributed by atoms with Crippen LogP contribution >= 0.6 is 0 Å². The molecule has 4 rings (SSSR count). The van der Waals surface area contributed by atoms with Gasteiger partial charge in [-0.05, 0) is 61.7 Å². The zero-order chi connectivity index (χ0) is 20.8. The second-order valence-corrected chi connectivity index (χ2v) is 8.24. The summed E-state index contributed by atoms with van der Waals surface area (Å²) in [6, 6.07) is 16.4. The molecule has 2 aliphatic heterocycles. The van der Waals surface area contributed by atoms with Crippen LogP contribution in [0.25, 0.3) is 0 Å². The van der Waals surface area contributed by atoms with Crippen LogP contribution in [0.3, 0.4) is 0 Å². The minimum atomic E-state index is -0.370. The second kappa shape index (κ2) is 9.76. The van der Waals surface area contributed by atoms with Gasteiger partial charge in [0.1, 0.15) is 6.04 Å². The summed E-state index contributed by atoms with van der Waals surface area (Å²) in [5, 5.41) is 9.06. The smallest absolute Gasteiger partial charge is 0.249 e. The third kappa shape index (κ3) is 5.60. The third-order valence-corrected chi connectivity index (χ3v) is 5.82. The normalized spacial score (nSPS) is 19.9. The first-order valence-corrected chi connectivity index (χ1v) is 10.9. The molecule has 30 heavy (non-hydrogen) atoms. The maximum atomic E-state index is 11.9. The van der Waals surface area contributed by atoms with Crippen molar-refractivity contribution in [2.75, 3.05) is 23.7 Å². The van der Waals surface area contributed by atoms with Crippen LogP contribution in [0.2, 0.25) is 0 Å². The van der Waals surface area contributed by atoms with Gasteiger partial charge in [-0.15, -0.1) is 0 Å². The van der Waals surface area contributed by atoms with Gasteiger partial charge in [-0.3, -0.25) is 19.8 Å². The molecule has 0 saturated carbocycles. The highest BCUT2D eigenvalue weighted by Crippen LogP contribution is 2.19. The first kappa shape index (κ1) is 20.4. The number of piperidine rings is 2. The van der Waals surface area contributed by atoms with Crippen LogP contribution in [-0.2, 0) is 22.7 Å². The summed E-state index contributed by atoms with van der Waals surface area (Å²) in [6.45, 7) is 4.21. The van der Waals surface area contributed by atoms with Crippen molar-refractivity contribution in [1.82, 2.24) is 10.2 Å². The Labute approximate surface area is 178 Å². The van der Waals surface area contributed by atoms with E-state index in [0.29, 0.717) is 12.8 Å². The fraction of sp³-hybridized carbons (Fsp3) is 0.417. The van der Waals surface area contributed by atoms with Crippen LogP contribution in [0.4, 0.5) is 11.4 Å². The molecule has 2 aliphatic rings. The summed E-state index contributed by atoms with van der Waals surface area (Å²) < 4.78 is 0. The summed E-state index contributed by atoms with van der Waals surface area (Å²) in [5.41, 5.74) is 4.47. The van der Waals surface area contributed by atoms with Crippen LogP contribution in [0.15, 0.2) is 48.5 Å². The fourth-order valence-corrected chi connectivity index (χ4v) is 4.09. The predicted octanol–water partition coefficient (Wildman–Crippen LogP) is 3.50. The SMILES string of the molecule is O=C1CCC(Nc2cccc(NCc3ccc(CN4CCCCC4)cc3)c2)C(=O)N1. The van der Waals surface area contributed by atoms with Crippen molar-refractivity contribution in [2.45, 2.75) is 51.2 Å². The molecule has 0 radical (unpaired) electrons. The zero-order valence-corrected chi connectivity index (χ0v) is 17.3. The summed E-state index contributed by atoms with van der Waals surface area (Å²) in [7, 11) is 0. The number of imide groups is 1. The maximum absolute atomic E-state index is 11.9. The number of carbonyl (C=O) groups is 2. The van der Waals surface area contributed by atoms with E-state index < -0.39 is 0 Å². The number of hydrogen-bond donors (Lipinski definition) is 3. The molecule has 158 valence electrons. The number of anilines is 2. The first-order chi connectivity index (χ1) is 14.7. The molecular formula is C24H30N4O2. The van der Waals surface area contributed by atoms with Gasteiger partial charge in [-0.1, -0.05) is 36.8 Å². The van der Waals surface area contributed by atoms with Gasteiger partial charge < -0.3 is 10.6 Å². The molecule has 3 N–H and O–H groups in total. The Morgan fingerprint density at radius 1 is 0.933 bits per heavy atom. The van der Waals surface area contributed by atoms with Crippen LogP contribution in [-0.4, -0.2) is 35.8 Å². The van der Waals surface area contributed by atoms with Gasteiger partial charge in [0.2, 0.25) is 11.8 Å². The van der Waals surface area contributed by atoms with E-state index >= 15 is 0 Å². The Morgan fingerprint density at radius 3 is 2.43 bits per heavy atom. The van der Waals surface area contributed by atoms with Crippen LogP contribution in [0.1, 0.15) is 43.2 Å². The van der Waals surface area contributed by atoms with Crippen LogP contribution < -0.4 is 16.0 Å². The Hall–Kier alpha value is -2.86. The van der Waals surface area contributed by atoms with Gasteiger partial charge in [-0.25, -0.2) is 0 Å². The molecule has 2 saturated heterocycles. The number of benzene rings is 2. The molecule has 0 aliphatic carbocycles. The molecule has 2 aromatic rings. The van der Waals surface area contributed by atoms with Crippen LogP contribution in [0, 0.1) is 0 Å². The molecular weight excluding hydrogens is 376 g/mol. The van der Waals surface area contributed by atoms with E-state index in [0.717, 1.165) is 24.5 Å². The summed E-state index contributed by atoms with van der Waals surface area (Å²) in [5.74, 6) is -0.454.